The number of benzene rings is 1. The molecular weight excluding hydrogens is 346 g/mol. The maximum Gasteiger partial charge on any atom is 0.191 e. The molecule has 0 aliphatic rings. The van der Waals surface area contributed by atoms with Gasteiger partial charge in [0.1, 0.15) is 0 Å². The molecule has 2 N–H and O–H groups in total. The fraction of sp³-hybridized carbons (Fsp3) is 0.562. The average molecular weight is 372 g/mol. The van der Waals surface area contributed by atoms with E-state index in [9.17, 15) is 0 Å². The van der Waals surface area contributed by atoms with E-state index in [0.29, 0.717) is 18.0 Å². The average Bonchev–Trinajstić information content (AvgIpc) is 2.42. The van der Waals surface area contributed by atoms with E-state index in [1.807, 2.05) is 19.1 Å². The molecule has 5 nitrogen and oxygen atoms in total. The third kappa shape index (κ3) is 5.75. The molecule has 124 valence electrons. The monoisotopic (exact) mass is 371 g/mol. The Morgan fingerprint density at radius 3 is 2.41 bits per heavy atom. The quantitative estimate of drug-likeness (QED) is 0.615. The Hall–Kier alpha value is -1.43. The van der Waals surface area contributed by atoms with Gasteiger partial charge < -0.3 is 20.1 Å². The van der Waals surface area contributed by atoms with E-state index >= 15 is 0 Å². The SMILES string of the molecule is CCNC(=NCc1cc(Br)c(OC)c(OC)c1)NC(C)(C)C. The van der Waals surface area contributed by atoms with Gasteiger partial charge in [0.05, 0.1) is 25.2 Å². The van der Waals surface area contributed by atoms with Crippen molar-refractivity contribution in [2.75, 3.05) is 20.8 Å². The number of rotatable bonds is 5. The van der Waals surface area contributed by atoms with Crippen LogP contribution in [0.1, 0.15) is 33.3 Å². The number of nitrogens with zero attached hydrogens (tertiary/aromatic N) is 1. The molecule has 0 unspecified atom stereocenters. The molecular formula is C16H26BrN3O2. The summed E-state index contributed by atoms with van der Waals surface area (Å²) in [5.41, 5.74) is 0.995. The van der Waals surface area contributed by atoms with Crippen LogP contribution < -0.4 is 20.1 Å². The fourth-order valence-electron chi connectivity index (χ4n) is 1.90. The molecule has 1 rings (SSSR count). The maximum atomic E-state index is 5.36. The second kappa shape index (κ2) is 8.27. The molecule has 6 heteroatoms. The Morgan fingerprint density at radius 1 is 1.23 bits per heavy atom. The van der Waals surface area contributed by atoms with E-state index in [0.717, 1.165) is 22.5 Å². The Bertz CT molecular complexity index is 525. The zero-order chi connectivity index (χ0) is 16.8. The molecule has 1 aromatic rings. The number of guanidine groups is 1. The lowest BCUT2D eigenvalue weighted by molar-refractivity contribution is 0.352. The summed E-state index contributed by atoms with van der Waals surface area (Å²) in [6.45, 7) is 9.72. The van der Waals surface area contributed by atoms with Crippen molar-refractivity contribution >= 4 is 21.9 Å². The van der Waals surface area contributed by atoms with Crippen LogP contribution in [0.15, 0.2) is 21.6 Å². The molecule has 0 aliphatic heterocycles. The number of aliphatic imine (C=N–C) groups is 1. The first-order chi connectivity index (χ1) is 10.3. The summed E-state index contributed by atoms with van der Waals surface area (Å²) in [6.07, 6.45) is 0. The summed E-state index contributed by atoms with van der Waals surface area (Å²) in [5, 5.41) is 6.61. The van der Waals surface area contributed by atoms with Crippen LogP contribution in [0.4, 0.5) is 0 Å². The van der Waals surface area contributed by atoms with E-state index in [1.54, 1.807) is 14.2 Å². The van der Waals surface area contributed by atoms with Gasteiger partial charge in [-0.2, -0.15) is 0 Å². The number of hydrogen-bond acceptors (Lipinski definition) is 3. The predicted octanol–water partition coefficient (Wildman–Crippen LogP) is 3.32. The van der Waals surface area contributed by atoms with Crippen LogP contribution in [0, 0.1) is 0 Å². The van der Waals surface area contributed by atoms with E-state index in [2.05, 4.69) is 52.3 Å². The van der Waals surface area contributed by atoms with E-state index in [-0.39, 0.29) is 5.54 Å². The molecule has 0 aromatic heterocycles. The lowest BCUT2D eigenvalue weighted by Crippen LogP contribution is -2.47. The Morgan fingerprint density at radius 2 is 1.91 bits per heavy atom. The minimum Gasteiger partial charge on any atom is -0.493 e. The van der Waals surface area contributed by atoms with E-state index < -0.39 is 0 Å². The molecule has 0 saturated heterocycles. The number of hydrogen-bond donors (Lipinski definition) is 2. The van der Waals surface area contributed by atoms with Gasteiger partial charge in [0, 0.05) is 12.1 Å². The van der Waals surface area contributed by atoms with Crippen LogP contribution >= 0.6 is 15.9 Å². The highest BCUT2D eigenvalue weighted by Gasteiger charge is 2.13. The van der Waals surface area contributed by atoms with Crippen molar-refractivity contribution in [1.82, 2.24) is 10.6 Å². The minimum atomic E-state index is -0.0425. The third-order valence-corrected chi connectivity index (χ3v) is 3.34. The molecule has 0 fully saturated rings. The maximum absolute atomic E-state index is 5.36. The molecule has 0 heterocycles. The first-order valence-electron chi connectivity index (χ1n) is 7.27. The summed E-state index contributed by atoms with van der Waals surface area (Å²) < 4.78 is 11.5. The molecule has 0 aliphatic carbocycles. The predicted molar refractivity (Wildman–Crippen MR) is 95.0 cm³/mol. The number of nitrogens with one attached hydrogen (secondary N) is 2. The van der Waals surface area contributed by atoms with Crippen molar-refractivity contribution in [3.05, 3.63) is 22.2 Å². The zero-order valence-corrected chi connectivity index (χ0v) is 15.8. The standard InChI is InChI=1S/C16H26BrN3O2/c1-7-18-15(20-16(2,3)4)19-10-11-8-12(17)14(22-6)13(9-11)21-5/h8-9H,7,10H2,1-6H3,(H2,18,19,20). The summed E-state index contributed by atoms with van der Waals surface area (Å²) in [6, 6.07) is 3.93. The van der Waals surface area contributed by atoms with Crippen LogP contribution in [0.5, 0.6) is 11.5 Å². The van der Waals surface area contributed by atoms with Gasteiger partial charge in [-0.1, -0.05) is 0 Å². The highest BCUT2D eigenvalue weighted by molar-refractivity contribution is 9.10. The highest BCUT2D eigenvalue weighted by Crippen LogP contribution is 2.36. The number of methoxy groups -OCH3 is 2. The Labute approximate surface area is 141 Å². The van der Waals surface area contributed by atoms with Crippen LogP contribution in [0.25, 0.3) is 0 Å². The largest absolute Gasteiger partial charge is 0.493 e. The van der Waals surface area contributed by atoms with Crippen molar-refractivity contribution < 1.29 is 9.47 Å². The zero-order valence-electron chi connectivity index (χ0n) is 14.2. The highest BCUT2D eigenvalue weighted by atomic mass is 79.9. The summed E-state index contributed by atoms with van der Waals surface area (Å²) in [7, 11) is 3.25. The molecule has 0 radical (unpaired) electrons. The van der Waals surface area contributed by atoms with Crippen molar-refractivity contribution in [3.63, 3.8) is 0 Å². The fourth-order valence-corrected chi connectivity index (χ4v) is 2.55. The minimum absolute atomic E-state index is 0.0425. The Balaban J connectivity index is 2.97. The molecule has 1 aromatic carbocycles. The van der Waals surface area contributed by atoms with Gasteiger partial charge in [0.15, 0.2) is 17.5 Å². The molecule has 0 saturated carbocycles. The third-order valence-electron chi connectivity index (χ3n) is 2.75. The number of ether oxygens (including phenoxy) is 2. The molecule has 0 amide bonds. The van der Waals surface area contributed by atoms with Gasteiger partial charge in [0.2, 0.25) is 0 Å². The van der Waals surface area contributed by atoms with Gasteiger partial charge in [-0.05, 0) is 61.3 Å². The second-order valence-electron chi connectivity index (χ2n) is 5.88. The number of halogens is 1. The van der Waals surface area contributed by atoms with Gasteiger partial charge >= 0.3 is 0 Å². The second-order valence-corrected chi connectivity index (χ2v) is 6.74. The molecule has 22 heavy (non-hydrogen) atoms. The van der Waals surface area contributed by atoms with Crippen LogP contribution in [0.2, 0.25) is 0 Å². The first kappa shape index (κ1) is 18.6. The van der Waals surface area contributed by atoms with Crippen LogP contribution in [-0.2, 0) is 6.54 Å². The molecule has 0 bridgehead atoms. The normalized spacial score (nSPS) is 12.0. The molecule has 0 spiro atoms. The summed E-state index contributed by atoms with van der Waals surface area (Å²) in [4.78, 5) is 4.62. The van der Waals surface area contributed by atoms with Gasteiger partial charge in [-0.15, -0.1) is 0 Å². The van der Waals surface area contributed by atoms with E-state index in [4.69, 9.17) is 9.47 Å². The Kier molecular flexibility index (Phi) is 7.00. The van der Waals surface area contributed by atoms with Gasteiger partial charge in [0.25, 0.3) is 0 Å². The topological polar surface area (TPSA) is 54.9 Å². The lowest BCUT2D eigenvalue weighted by atomic mass is 10.1. The van der Waals surface area contributed by atoms with Crippen molar-refractivity contribution in [2.24, 2.45) is 4.99 Å². The van der Waals surface area contributed by atoms with Crippen LogP contribution in [0.3, 0.4) is 0 Å². The first-order valence-corrected chi connectivity index (χ1v) is 8.07. The lowest BCUT2D eigenvalue weighted by Gasteiger charge is -2.23. The summed E-state index contributed by atoms with van der Waals surface area (Å²) in [5.74, 6) is 2.17. The van der Waals surface area contributed by atoms with Crippen molar-refractivity contribution in [2.45, 2.75) is 39.8 Å². The van der Waals surface area contributed by atoms with Crippen molar-refractivity contribution in [3.8, 4) is 11.5 Å². The van der Waals surface area contributed by atoms with Crippen molar-refractivity contribution in [1.29, 1.82) is 0 Å². The van der Waals surface area contributed by atoms with Crippen LogP contribution in [-0.4, -0.2) is 32.3 Å². The smallest absolute Gasteiger partial charge is 0.191 e. The summed E-state index contributed by atoms with van der Waals surface area (Å²) >= 11 is 3.50. The van der Waals surface area contributed by atoms with Gasteiger partial charge in [-0.25, -0.2) is 4.99 Å². The molecule has 0 atom stereocenters. The van der Waals surface area contributed by atoms with E-state index in [1.165, 1.54) is 0 Å². The van der Waals surface area contributed by atoms with Gasteiger partial charge in [-0.3, -0.25) is 0 Å².